The fourth-order valence-electron chi connectivity index (χ4n) is 3.41. The predicted octanol–water partition coefficient (Wildman–Crippen LogP) is 2.69. The van der Waals surface area contributed by atoms with Crippen LogP contribution >= 0.6 is 0 Å². The number of carboxylic acids is 1. The van der Waals surface area contributed by atoms with E-state index < -0.39 is 101 Å². The molecule has 0 bridgehead atoms. The van der Waals surface area contributed by atoms with Gasteiger partial charge in [-0.05, 0) is 0 Å². The molecule has 1 unspecified atom stereocenters. The Morgan fingerprint density at radius 3 is 1.45 bits per heavy atom. The first-order valence-corrected chi connectivity index (χ1v) is 9.90. The number of amides is 1. The molecule has 1 N–H and O–H groups in total. The van der Waals surface area contributed by atoms with E-state index in [1.165, 1.54) is 0 Å². The summed E-state index contributed by atoms with van der Waals surface area (Å²) in [6.45, 7) is -2.70. The quantitative estimate of drug-likeness (QED) is 0.183. The molecule has 7 nitrogen and oxygen atoms in total. The van der Waals surface area contributed by atoms with E-state index in [9.17, 15) is 89.3 Å². The second kappa shape index (κ2) is 9.87. The number of hydrogen-bond donors (Lipinski definition) is 1. The minimum Gasteiger partial charge on any atom is -0.544 e. The van der Waals surface area contributed by atoms with Crippen molar-refractivity contribution >= 4 is 11.9 Å². The van der Waals surface area contributed by atoms with Gasteiger partial charge in [-0.2, -0.15) is 70.2 Å². The third-order valence-electron chi connectivity index (χ3n) is 5.28. The van der Waals surface area contributed by atoms with Crippen molar-refractivity contribution in [1.29, 1.82) is 0 Å². The molecule has 0 aromatic heterocycles. The summed E-state index contributed by atoms with van der Waals surface area (Å²) >= 11 is 0. The van der Waals surface area contributed by atoms with E-state index in [1.807, 2.05) is 0 Å². The van der Waals surface area contributed by atoms with Crippen molar-refractivity contribution in [2.24, 2.45) is 0 Å². The molecule has 0 saturated carbocycles. The Hall–Kier alpha value is -2.37. The van der Waals surface area contributed by atoms with Crippen molar-refractivity contribution in [3.05, 3.63) is 0 Å². The van der Waals surface area contributed by atoms with Crippen LogP contribution in [0.3, 0.4) is 0 Å². The second-order valence-corrected chi connectivity index (χ2v) is 8.80. The largest absolute Gasteiger partial charge is 0.544 e. The van der Waals surface area contributed by atoms with Gasteiger partial charge in [0.1, 0.15) is 6.54 Å². The Labute approximate surface area is 210 Å². The van der Waals surface area contributed by atoms with Crippen molar-refractivity contribution in [3.8, 4) is 0 Å². The molecule has 0 spiro atoms. The maximum Gasteiger partial charge on any atom is 0.469 e. The molecule has 1 rings (SSSR count). The summed E-state index contributed by atoms with van der Waals surface area (Å²) in [4.78, 5) is 13.7. The first-order valence-electron chi connectivity index (χ1n) is 9.90. The molecule has 1 amide bonds. The summed E-state index contributed by atoms with van der Waals surface area (Å²) in [5.41, 5.74) is -7.51. The fourth-order valence-corrected chi connectivity index (χ4v) is 3.41. The van der Waals surface area contributed by atoms with Gasteiger partial charge in [-0.15, -0.1) is 4.90 Å². The molecule has 24 heteroatoms. The first-order chi connectivity index (χ1) is 17.3. The van der Waals surface area contributed by atoms with Crippen LogP contribution in [0.15, 0.2) is 0 Å². The van der Waals surface area contributed by atoms with Crippen molar-refractivity contribution < 1.29 is 93.8 Å². The minimum atomic E-state index is -8.17. The molecular weight excluding hydrogens is 619 g/mol. The van der Waals surface area contributed by atoms with Crippen LogP contribution in [0.1, 0.15) is 6.42 Å². The first kappa shape index (κ1) is 35.7. The van der Waals surface area contributed by atoms with Gasteiger partial charge in [0.2, 0.25) is 0 Å². The summed E-state index contributed by atoms with van der Waals surface area (Å²) < 4.78 is 233. The van der Waals surface area contributed by atoms with Gasteiger partial charge < -0.3 is 19.7 Å². The van der Waals surface area contributed by atoms with Crippen LogP contribution in [0.4, 0.5) is 74.6 Å². The van der Waals surface area contributed by atoms with Crippen molar-refractivity contribution in [3.63, 3.8) is 0 Å². The molecule has 0 aromatic rings. The summed E-state index contributed by atoms with van der Waals surface area (Å²) in [5, 5.41) is 11.2. The number of carbonyl (C=O) groups is 2. The average Bonchev–Trinajstić information content (AvgIpc) is 2.64. The highest BCUT2D eigenvalue weighted by Gasteiger charge is 2.96. The Kier molecular flexibility index (Phi) is 8.80. The van der Waals surface area contributed by atoms with Crippen LogP contribution in [0.25, 0.3) is 0 Å². The van der Waals surface area contributed by atoms with Gasteiger partial charge in [-0.3, -0.25) is 4.79 Å². The second-order valence-electron chi connectivity index (χ2n) is 8.80. The number of quaternary nitrogens is 1. The van der Waals surface area contributed by atoms with Crippen molar-refractivity contribution in [2.75, 3.05) is 33.7 Å². The van der Waals surface area contributed by atoms with Crippen LogP contribution in [0.5, 0.6) is 0 Å². The molecule has 1 aliphatic heterocycles. The average molecular weight is 634 g/mol. The van der Waals surface area contributed by atoms with Crippen molar-refractivity contribution in [1.82, 2.24) is 15.1 Å². The summed E-state index contributed by atoms with van der Waals surface area (Å²) in [6, 6.07) is -40.2. The molecule has 0 aliphatic carbocycles. The van der Waals surface area contributed by atoms with Gasteiger partial charge in [-0.1, -0.05) is 4.90 Å². The molecular formula is C16H15F17N4O3. The van der Waals surface area contributed by atoms with Crippen LogP contribution in [-0.4, -0.2) is 108 Å². The van der Waals surface area contributed by atoms with Crippen molar-refractivity contribution in [2.45, 2.75) is 54.8 Å². The van der Waals surface area contributed by atoms with E-state index in [0.717, 1.165) is 14.1 Å². The summed E-state index contributed by atoms with van der Waals surface area (Å²) in [5.74, 6) is -5.58. The third-order valence-corrected chi connectivity index (χ3v) is 5.28. The van der Waals surface area contributed by atoms with Crippen LogP contribution in [0, 0.1) is 0 Å². The zero-order valence-corrected chi connectivity index (χ0v) is 19.3. The number of nitrogens with zero attached hydrogens (tertiary/aromatic N) is 3. The fraction of sp³-hybridized carbons (Fsp3) is 0.875. The zero-order valence-electron chi connectivity index (χ0n) is 19.3. The number of rotatable bonds is 9. The normalized spacial score (nSPS) is 23.4. The zero-order chi connectivity index (χ0) is 32.3. The van der Waals surface area contributed by atoms with Gasteiger partial charge >= 0.3 is 48.4 Å². The maximum absolute atomic E-state index is 14.8. The summed E-state index contributed by atoms with van der Waals surface area (Å²) in [6.07, 6.45) is -16.0. The standard InChI is InChI=1S/C16H15F17N4O3/c1-37(2,6-7(38)39)5-3-4-34-8(40)9(17,10(18,19)20)11(21,22)35-12(23,24)14(27,28)36(16(31,32)33)15(29,30)13(35,25)26/h3-6H2,1-2H3,(H-,34,38,39,40). The smallest absolute Gasteiger partial charge is 0.469 e. The minimum absolute atomic E-state index is 0.496. The van der Waals surface area contributed by atoms with Gasteiger partial charge in [0.05, 0.1) is 26.6 Å². The molecule has 1 fully saturated rings. The van der Waals surface area contributed by atoms with Crippen LogP contribution in [-0.2, 0) is 9.59 Å². The molecule has 40 heavy (non-hydrogen) atoms. The van der Waals surface area contributed by atoms with Gasteiger partial charge in [0.15, 0.2) is 0 Å². The lowest BCUT2D eigenvalue weighted by molar-refractivity contribution is -0.884. The Bertz CT molecular complexity index is 953. The molecule has 1 aliphatic rings. The highest BCUT2D eigenvalue weighted by Crippen LogP contribution is 2.65. The maximum atomic E-state index is 14.8. The molecule has 0 aromatic carbocycles. The number of halogens is 17. The van der Waals surface area contributed by atoms with Crippen LogP contribution < -0.4 is 10.4 Å². The number of hydrogen-bond acceptors (Lipinski definition) is 5. The topological polar surface area (TPSA) is 75.7 Å². The van der Waals surface area contributed by atoms with Gasteiger partial charge in [-0.25, -0.2) is 4.39 Å². The highest BCUT2D eigenvalue weighted by atomic mass is 19.4. The number of alkyl halides is 17. The number of nitrogens with one attached hydrogen (secondary N) is 1. The van der Waals surface area contributed by atoms with E-state index in [-0.39, 0.29) is 0 Å². The SMILES string of the molecule is C[N+](C)(CCCNC(=O)C(F)(C(F)(F)F)C(F)(F)N1C(F)(F)C(F)(F)N(C(F)(F)F)C(F)(F)C1(F)F)CC(=O)[O-]. The lowest BCUT2D eigenvalue weighted by atomic mass is 9.97. The lowest BCUT2D eigenvalue weighted by Gasteiger charge is -2.55. The number of carboxylic acid groups (broad SMARTS) is 1. The molecule has 1 saturated heterocycles. The van der Waals surface area contributed by atoms with E-state index >= 15 is 0 Å². The van der Waals surface area contributed by atoms with E-state index in [0.29, 0.717) is 5.32 Å². The third kappa shape index (κ3) is 5.44. The monoisotopic (exact) mass is 634 g/mol. The number of carbonyl (C=O) groups excluding carboxylic acids is 2. The Balaban J connectivity index is 3.66. The van der Waals surface area contributed by atoms with Gasteiger partial charge in [0, 0.05) is 13.0 Å². The Morgan fingerprint density at radius 2 is 1.12 bits per heavy atom. The Morgan fingerprint density at radius 1 is 0.750 bits per heavy atom. The van der Waals surface area contributed by atoms with E-state index in [4.69, 9.17) is 0 Å². The number of likely N-dealkylation sites (N-methyl/N-ethyl adjacent to an activating group) is 1. The molecule has 1 heterocycles. The van der Waals surface area contributed by atoms with E-state index in [2.05, 4.69) is 0 Å². The molecule has 1 atom stereocenters. The van der Waals surface area contributed by atoms with Crippen LogP contribution in [0.2, 0.25) is 0 Å². The lowest BCUT2D eigenvalue weighted by Crippen LogP contribution is -2.88. The summed E-state index contributed by atoms with van der Waals surface area (Å²) in [7, 11) is 2.23. The van der Waals surface area contributed by atoms with E-state index in [1.54, 1.807) is 0 Å². The van der Waals surface area contributed by atoms with Gasteiger partial charge in [0.25, 0.3) is 5.91 Å². The molecule has 0 radical (unpaired) electrons. The molecule has 236 valence electrons. The number of aliphatic carboxylic acids is 1. The highest BCUT2D eigenvalue weighted by molar-refractivity contribution is 5.87. The predicted molar refractivity (Wildman–Crippen MR) is 88.8 cm³/mol. The number of piperazine rings is 1.